The number of carbonyl (C=O) groups is 1. The Morgan fingerprint density at radius 1 is 0.893 bits per heavy atom. The molecule has 1 unspecified atom stereocenters. The third-order valence-corrected chi connectivity index (χ3v) is 4.34. The highest BCUT2D eigenvalue weighted by molar-refractivity contribution is 5.80. The Kier molecular flexibility index (Phi) is 7.21. The highest BCUT2D eigenvalue weighted by atomic mass is 16.5. The van der Waals surface area contributed by atoms with Gasteiger partial charge in [-0.3, -0.25) is 4.79 Å². The normalized spacial score (nSPS) is 11.6. The first kappa shape index (κ1) is 19.6. The number of ether oxygens (including phenoxy) is 2. The average Bonchev–Trinajstić information content (AvgIpc) is 2.76. The van der Waals surface area contributed by atoms with Gasteiger partial charge in [0.25, 0.3) is 0 Å². The maximum Gasteiger partial charge on any atom is 0.248 e. The number of hydrogen-bond donors (Lipinski definition) is 1. The molecule has 0 aliphatic carbocycles. The molecule has 1 amide bonds. The van der Waals surface area contributed by atoms with Crippen LogP contribution < -0.4 is 10.1 Å². The molecular weight excluding hydrogens is 350 g/mol. The summed E-state index contributed by atoms with van der Waals surface area (Å²) < 4.78 is 11.5. The van der Waals surface area contributed by atoms with E-state index < -0.39 is 6.10 Å². The Bertz CT molecular complexity index is 865. The molecule has 0 saturated heterocycles. The van der Waals surface area contributed by atoms with Crippen molar-refractivity contribution in [2.45, 2.75) is 19.6 Å². The molecule has 144 valence electrons. The SMILES string of the molecule is CC(OCc1ccccc1)C(=O)NCCOc1ccccc1-c1ccccc1. The number of rotatable bonds is 9. The zero-order valence-electron chi connectivity index (χ0n) is 16.0. The summed E-state index contributed by atoms with van der Waals surface area (Å²) in [6.07, 6.45) is -0.517. The monoisotopic (exact) mass is 375 g/mol. The Labute approximate surface area is 166 Å². The van der Waals surface area contributed by atoms with Gasteiger partial charge >= 0.3 is 0 Å². The van der Waals surface area contributed by atoms with Crippen LogP contribution in [0.2, 0.25) is 0 Å². The van der Waals surface area contributed by atoms with Crippen LogP contribution in [0.15, 0.2) is 84.9 Å². The predicted octanol–water partition coefficient (Wildman–Crippen LogP) is 4.45. The molecule has 1 N–H and O–H groups in total. The summed E-state index contributed by atoms with van der Waals surface area (Å²) in [7, 11) is 0. The van der Waals surface area contributed by atoms with E-state index in [1.165, 1.54) is 0 Å². The van der Waals surface area contributed by atoms with Gasteiger partial charge in [0.15, 0.2) is 0 Å². The second kappa shape index (κ2) is 10.3. The lowest BCUT2D eigenvalue weighted by Gasteiger charge is -2.15. The van der Waals surface area contributed by atoms with Crippen molar-refractivity contribution in [2.24, 2.45) is 0 Å². The van der Waals surface area contributed by atoms with Crippen LogP contribution in [0.4, 0.5) is 0 Å². The molecule has 4 nitrogen and oxygen atoms in total. The van der Waals surface area contributed by atoms with Crippen molar-refractivity contribution in [3.63, 3.8) is 0 Å². The van der Waals surface area contributed by atoms with Crippen LogP contribution in [0.3, 0.4) is 0 Å². The van der Waals surface area contributed by atoms with Gasteiger partial charge in [0.2, 0.25) is 5.91 Å². The number of amides is 1. The van der Waals surface area contributed by atoms with Crippen molar-refractivity contribution in [1.29, 1.82) is 0 Å². The van der Waals surface area contributed by atoms with Crippen LogP contribution in [0.5, 0.6) is 5.75 Å². The fourth-order valence-electron chi connectivity index (χ4n) is 2.80. The third-order valence-electron chi connectivity index (χ3n) is 4.34. The van der Waals surface area contributed by atoms with Crippen LogP contribution >= 0.6 is 0 Å². The van der Waals surface area contributed by atoms with Gasteiger partial charge in [0.1, 0.15) is 18.5 Å². The van der Waals surface area contributed by atoms with Crippen molar-refractivity contribution in [1.82, 2.24) is 5.32 Å². The van der Waals surface area contributed by atoms with E-state index in [-0.39, 0.29) is 5.91 Å². The fourth-order valence-corrected chi connectivity index (χ4v) is 2.80. The lowest BCUT2D eigenvalue weighted by atomic mass is 10.1. The number of nitrogens with one attached hydrogen (secondary N) is 1. The van der Waals surface area contributed by atoms with Gasteiger partial charge in [-0.1, -0.05) is 78.9 Å². The van der Waals surface area contributed by atoms with Gasteiger partial charge in [-0.2, -0.15) is 0 Å². The van der Waals surface area contributed by atoms with Crippen molar-refractivity contribution in [3.8, 4) is 16.9 Å². The number of carbonyl (C=O) groups excluding carboxylic acids is 1. The largest absolute Gasteiger partial charge is 0.491 e. The summed E-state index contributed by atoms with van der Waals surface area (Å²) in [4.78, 5) is 12.2. The van der Waals surface area contributed by atoms with Crippen LogP contribution in [0.25, 0.3) is 11.1 Å². The van der Waals surface area contributed by atoms with Gasteiger partial charge in [-0.25, -0.2) is 0 Å². The lowest BCUT2D eigenvalue weighted by Crippen LogP contribution is -2.36. The number of benzene rings is 3. The van der Waals surface area contributed by atoms with E-state index in [1.807, 2.05) is 72.8 Å². The molecule has 0 aliphatic rings. The molecule has 0 saturated carbocycles. The Balaban J connectivity index is 1.44. The maximum atomic E-state index is 12.2. The molecule has 3 aromatic carbocycles. The fraction of sp³-hybridized carbons (Fsp3) is 0.208. The van der Waals surface area contributed by atoms with Crippen molar-refractivity contribution >= 4 is 5.91 Å². The molecule has 3 rings (SSSR count). The van der Waals surface area contributed by atoms with E-state index in [0.29, 0.717) is 19.8 Å². The van der Waals surface area contributed by atoms with E-state index in [9.17, 15) is 4.79 Å². The van der Waals surface area contributed by atoms with Gasteiger partial charge in [-0.15, -0.1) is 0 Å². The van der Waals surface area contributed by atoms with Gasteiger partial charge in [-0.05, 0) is 24.1 Å². The highest BCUT2D eigenvalue weighted by Crippen LogP contribution is 2.29. The van der Waals surface area contributed by atoms with Crippen molar-refractivity contribution in [3.05, 3.63) is 90.5 Å². The zero-order chi connectivity index (χ0) is 19.6. The van der Waals surface area contributed by atoms with Gasteiger partial charge < -0.3 is 14.8 Å². The van der Waals surface area contributed by atoms with Gasteiger partial charge in [0, 0.05) is 5.56 Å². The van der Waals surface area contributed by atoms with E-state index in [1.54, 1.807) is 6.92 Å². The average molecular weight is 375 g/mol. The van der Waals surface area contributed by atoms with Crippen LogP contribution in [-0.4, -0.2) is 25.2 Å². The topological polar surface area (TPSA) is 47.6 Å². The first-order chi connectivity index (χ1) is 13.7. The summed E-state index contributed by atoms with van der Waals surface area (Å²) in [6, 6.07) is 27.8. The molecule has 0 fully saturated rings. The summed E-state index contributed by atoms with van der Waals surface area (Å²) >= 11 is 0. The molecule has 0 aromatic heterocycles. The first-order valence-electron chi connectivity index (χ1n) is 9.44. The quantitative estimate of drug-likeness (QED) is 0.562. The minimum Gasteiger partial charge on any atom is -0.491 e. The van der Waals surface area contributed by atoms with Crippen LogP contribution in [-0.2, 0) is 16.1 Å². The molecule has 0 bridgehead atoms. The van der Waals surface area contributed by atoms with E-state index >= 15 is 0 Å². The van der Waals surface area contributed by atoms with Crippen LogP contribution in [0.1, 0.15) is 12.5 Å². The van der Waals surface area contributed by atoms with Crippen molar-refractivity contribution < 1.29 is 14.3 Å². The molecule has 0 heterocycles. The molecule has 28 heavy (non-hydrogen) atoms. The molecule has 4 heteroatoms. The van der Waals surface area contributed by atoms with Crippen molar-refractivity contribution in [2.75, 3.05) is 13.2 Å². The Morgan fingerprint density at radius 2 is 1.54 bits per heavy atom. The lowest BCUT2D eigenvalue weighted by molar-refractivity contribution is -0.132. The highest BCUT2D eigenvalue weighted by Gasteiger charge is 2.13. The minimum absolute atomic E-state index is 0.143. The second-order valence-electron chi connectivity index (χ2n) is 6.44. The molecule has 3 aromatic rings. The van der Waals surface area contributed by atoms with E-state index in [2.05, 4.69) is 17.4 Å². The van der Waals surface area contributed by atoms with Crippen LogP contribution in [0, 0.1) is 0 Å². The molecule has 1 atom stereocenters. The van der Waals surface area contributed by atoms with E-state index in [4.69, 9.17) is 9.47 Å². The smallest absolute Gasteiger partial charge is 0.248 e. The Morgan fingerprint density at radius 3 is 2.29 bits per heavy atom. The maximum absolute atomic E-state index is 12.2. The minimum atomic E-state index is -0.517. The predicted molar refractivity (Wildman–Crippen MR) is 111 cm³/mol. The molecular formula is C24H25NO3. The second-order valence-corrected chi connectivity index (χ2v) is 6.44. The molecule has 0 radical (unpaired) electrons. The summed E-state index contributed by atoms with van der Waals surface area (Å²) in [5.74, 6) is 0.659. The third kappa shape index (κ3) is 5.69. The molecule has 0 aliphatic heterocycles. The Hall–Kier alpha value is -3.11. The number of para-hydroxylation sites is 1. The molecule has 0 spiro atoms. The zero-order valence-corrected chi connectivity index (χ0v) is 16.0. The summed E-state index contributed by atoms with van der Waals surface area (Å²) in [5, 5.41) is 2.86. The standard InChI is InChI=1S/C24H25NO3/c1-19(28-18-20-10-4-2-5-11-20)24(26)25-16-17-27-23-15-9-8-14-22(23)21-12-6-3-7-13-21/h2-15,19H,16-18H2,1H3,(H,25,26). The summed E-state index contributed by atoms with van der Waals surface area (Å²) in [5.41, 5.74) is 3.18. The summed E-state index contributed by atoms with van der Waals surface area (Å²) in [6.45, 7) is 2.97. The van der Waals surface area contributed by atoms with Gasteiger partial charge in [0.05, 0.1) is 13.2 Å². The first-order valence-corrected chi connectivity index (χ1v) is 9.44. The van der Waals surface area contributed by atoms with E-state index in [0.717, 1.165) is 22.4 Å². The number of hydrogen-bond acceptors (Lipinski definition) is 3.